The minimum absolute atomic E-state index is 0.596. The number of rotatable bonds is 4. The summed E-state index contributed by atoms with van der Waals surface area (Å²) >= 11 is 1.56. The lowest BCUT2D eigenvalue weighted by Gasteiger charge is -2.05. The summed E-state index contributed by atoms with van der Waals surface area (Å²) in [4.78, 5) is 21.2. The number of nitrogens with one attached hydrogen (secondary N) is 2. The van der Waals surface area contributed by atoms with E-state index in [9.17, 15) is 0 Å². The monoisotopic (exact) mass is 272 g/mol. The van der Waals surface area contributed by atoms with Crippen LogP contribution in [0.4, 0.5) is 5.95 Å². The minimum Gasteiger partial charge on any atom is -0.354 e. The Balaban J connectivity index is 2.03. The third kappa shape index (κ3) is 2.50. The molecule has 0 amide bonds. The smallest absolute Gasteiger partial charge is 0.225 e. The highest BCUT2D eigenvalue weighted by Gasteiger charge is 2.10. The molecule has 0 saturated heterocycles. The Morgan fingerprint density at radius 3 is 2.89 bits per heavy atom. The largest absolute Gasteiger partial charge is 0.354 e. The van der Waals surface area contributed by atoms with Crippen molar-refractivity contribution in [2.45, 2.75) is 16.8 Å². The average Bonchev–Trinajstić information content (AvgIpc) is 2.89. The molecule has 19 heavy (non-hydrogen) atoms. The van der Waals surface area contributed by atoms with Crippen LogP contribution in [-0.2, 0) is 0 Å². The Bertz CT molecular complexity index is 681. The quantitative estimate of drug-likeness (QED) is 0.710. The van der Waals surface area contributed by atoms with E-state index in [1.807, 2.05) is 19.1 Å². The molecular formula is C12H12N6S. The van der Waals surface area contributed by atoms with E-state index < -0.39 is 0 Å². The predicted molar refractivity (Wildman–Crippen MR) is 74.2 cm³/mol. The van der Waals surface area contributed by atoms with Crippen molar-refractivity contribution in [1.29, 1.82) is 0 Å². The third-order valence-corrected chi connectivity index (χ3v) is 3.45. The first-order valence-corrected chi connectivity index (χ1v) is 6.71. The number of imidazole rings is 1. The SMILES string of the molecule is CCNc1nc(Sc2ccncc2)c2[nH]cnc2n1. The number of aromatic nitrogens is 5. The van der Waals surface area contributed by atoms with Crippen LogP contribution >= 0.6 is 11.8 Å². The van der Waals surface area contributed by atoms with Crippen molar-refractivity contribution in [3.8, 4) is 0 Å². The average molecular weight is 272 g/mol. The van der Waals surface area contributed by atoms with Crippen molar-refractivity contribution < 1.29 is 0 Å². The number of nitrogens with zero attached hydrogens (tertiary/aromatic N) is 4. The second-order valence-electron chi connectivity index (χ2n) is 3.77. The van der Waals surface area contributed by atoms with Crippen LogP contribution in [0.1, 0.15) is 6.92 Å². The van der Waals surface area contributed by atoms with E-state index in [1.165, 1.54) is 0 Å². The molecule has 3 rings (SSSR count). The van der Waals surface area contributed by atoms with Crippen LogP contribution in [0.25, 0.3) is 11.2 Å². The molecular weight excluding hydrogens is 260 g/mol. The van der Waals surface area contributed by atoms with Gasteiger partial charge in [-0.25, -0.2) is 9.97 Å². The molecule has 2 N–H and O–H groups in total. The molecule has 0 bridgehead atoms. The maximum atomic E-state index is 4.51. The highest BCUT2D eigenvalue weighted by atomic mass is 32.2. The Kier molecular flexibility index (Phi) is 3.28. The van der Waals surface area contributed by atoms with Crippen LogP contribution < -0.4 is 5.32 Å². The van der Waals surface area contributed by atoms with Gasteiger partial charge in [-0.05, 0) is 19.1 Å². The van der Waals surface area contributed by atoms with E-state index >= 15 is 0 Å². The lowest BCUT2D eigenvalue weighted by atomic mass is 10.5. The summed E-state index contributed by atoms with van der Waals surface area (Å²) < 4.78 is 0. The standard InChI is InChI=1S/C12H12N6S/c1-2-14-12-17-10-9(15-7-16-10)11(18-12)19-8-3-5-13-6-4-8/h3-7H,2H2,1H3,(H2,14,15,16,17,18). The molecule has 3 aromatic heterocycles. The van der Waals surface area contributed by atoms with Gasteiger partial charge in [-0.2, -0.15) is 4.98 Å². The van der Waals surface area contributed by atoms with Gasteiger partial charge in [-0.1, -0.05) is 11.8 Å². The first-order valence-electron chi connectivity index (χ1n) is 5.89. The molecule has 0 aliphatic rings. The van der Waals surface area contributed by atoms with E-state index in [1.54, 1.807) is 30.5 Å². The second kappa shape index (κ2) is 5.23. The number of aromatic amines is 1. The second-order valence-corrected chi connectivity index (χ2v) is 4.83. The van der Waals surface area contributed by atoms with Gasteiger partial charge in [-0.15, -0.1) is 0 Å². The van der Waals surface area contributed by atoms with Gasteiger partial charge in [0.05, 0.1) is 6.33 Å². The predicted octanol–water partition coefficient (Wildman–Crippen LogP) is 2.33. The number of H-pyrrole nitrogens is 1. The zero-order valence-electron chi connectivity index (χ0n) is 10.3. The fourth-order valence-corrected chi connectivity index (χ4v) is 2.50. The Labute approximate surface area is 114 Å². The molecule has 3 heterocycles. The summed E-state index contributed by atoms with van der Waals surface area (Å²) in [5, 5.41) is 3.97. The van der Waals surface area contributed by atoms with Crippen LogP contribution in [0.3, 0.4) is 0 Å². The van der Waals surface area contributed by atoms with Gasteiger partial charge in [0.15, 0.2) is 5.65 Å². The topological polar surface area (TPSA) is 79.4 Å². The molecule has 0 saturated carbocycles. The number of anilines is 1. The number of hydrogen-bond donors (Lipinski definition) is 2. The summed E-state index contributed by atoms with van der Waals surface area (Å²) in [5.41, 5.74) is 1.52. The van der Waals surface area contributed by atoms with Crippen molar-refractivity contribution in [2.75, 3.05) is 11.9 Å². The first-order chi connectivity index (χ1) is 9.36. The lowest BCUT2D eigenvalue weighted by Crippen LogP contribution is -2.03. The summed E-state index contributed by atoms with van der Waals surface area (Å²) in [6, 6.07) is 3.89. The molecule has 0 aliphatic carbocycles. The lowest BCUT2D eigenvalue weighted by molar-refractivity contribution is 1.04. The minimum atomic E-state index is 0.596. The van der Waals surface area contributed by atoms with E-state index in [0.29, 0.717) is 11.6 Å². The van der Waals surface area contributed by atoms with Crippen LogP contribution in [0, 0.1) is 0 Å². The van der Waals surface area contributed by atoms with Crippen molar-refractivity contribution in [3.05, 3.63) is 30.9 Å². The molecule has 0 fully saturated rings. The van der Waals surface area contributed by atoms with E-state index in [0.717, 1.165) is 22.0 Å². The van der Waals surface area contributed by atoms with Gasteiger partial charge in [-0.3, -0.25) is 4.98 Å². The van der Waals surface area contributed by atoms with Crippen LogP contribution in [0.2, 0.25) is 0 Å². The summed E-state index contributed by atoms with van der Waals surface area (Å²) in [7, 11) is 0. The van der Waals surface area contributed by atoms with Crippen molar-refractivity contribution in [2.24, 2.45) is 0 Å². The summed E-state index contributed by atoms with van der Waals surface area (Å²) in [6.07, 6.45) is 5.16. The Hall–Kier alpha value is -2.15. The summed E-state index contributed by atoms with van der Waals surface area (Å²) in [6.45, 7) is 2.78. The fourth-order valence-electron chi connectivity index (χ4n) is 1.64. The molecule has 7 heteroatoms. The van der Waals surface area contributed by atoms with Gasteiger partial charge < -0.3 is 10.3 Å². The molecule has 0 atom stereocenters. The molecule has 3 aromatic rings. The fraction of sp³-hybridized carbons (Fsp3) is 0.167. The molecule has 96 valence electrons. The highest BCUT2D eigenvalue weighted by Crippen LogP contribution is 2.30. The Morgan fingerprint density at radius 2 is 2.11 bits per heavy atom. The van der Waals surface area contributed by atoms with Crippen molar-refractivity contribution in [1.82, 2.24) is 24.9 Å². The van der Waals surface area contributed by atoms with Gasteiger partial charge >= 0.3 is 0 Å². The summed E-state index contributed by atoms with van der Waals surface area (Å²) in [5.74, 6) is 0.596. The van der Waals surface area contributed by atoms with Gasteiger partial charge in [0.1, 0.15) is 10.5 Å². The molecule has 6 nitrogen and oxygen atoms in total. The van der Waals surface area contributed by atoms with E-state index in [-0.39, 0.29) is 0 Å². The normalized spacial score (nSPS) is 10.8. The van der Waals surface area contributed by atoms with Crippen LogP contribution in [0.15, 0.2) is 40.8 Å². The van der Waals surface area contributed by atoms with E-state index in [2.05, 4.69) is 30.2 Å². The van der Waals surface area contributed by atoms with Gasteiger partial charge in [0, 0.05) is 23.8 Å². The maximum Gasteiger partial charge on any atom is 0.225 e. The molecule has 0 radical (unpaired) electrons. The maximum absolute atomic E-state index is 4.51. The zero-order chi connectivity index (χ0) is 13.1. The molecule has 0 aromatic carbocycles. The van der Waals surface area contributed by atoms with Crippen molar-refractivity contribution >= 4 is 28.9 Å². The number of fused-ring (bicyclic) bond motifs is 1. The third-order valence-electron chi connectivity index (χ3n) is 2.45. The van der Waals surface area contributed by atoms with Gasteiger partial charge in [0.25, 0.3) is 0 Å². The molecule has 0 unspecified atom stereocenters. The van der Waals surface area contributed by atoms with Gasteiger partial charge in [0.2, 0.25) is 5.95 Å². The first kappa shape index (κ1) is 11.9. The molecule has 0 spiro atoms. The molecule has 0 aliphatic heterocycles. The van der Waals surface area contributed by atoms with Crippen LogP contribution in [0.5, 0.6) is 0 Å². The number of pyridine rings is 1. The highest BCUT2D eigenvalue weighted by molar-refractivity contribution is 7.99. The van der Waals surface area contributed by atoms with E-state index in [4.69, 9.17) is 0 Å². The van der Waals surface area contributed by atoms with Crippen LogP contribution in [-0.4, -0.2) is 31.5 Å². The number of hydrogen-bond acceptors (Lipinski definition) is 6. The Morgan fingerprint density at radius 1 is 1.26 bits per heavy atom. The zero-order valence-corrected chi connectivity index (χ0v) is 11.1. The van der Waals surface area contributed by atoms with Crippen molar-refractivity contribution in [3.63, 3.8) is 0 Å².